The highest BCUT2D eigenvalue weighted by atomic mass is 16.1. The zero-order valence-corrected chi connectivity index (χ0v) is 23.1. The predicted octanol–water partition coefficient (Wildman–Crippen LogP) is 8.69. The molecular weight excluding hydrogens is 456 g/mol. The molecule has 5 heteroatoms. The molecule has 204 valence electrons. The van der Waals surface area contributed by atoms with Gasteiger partial charge in [0, 0.05) is 28.7 Å². The van der Waals surface area contributed by atoms with E-state index in [4.69, 9.17) is 0 Å². The van der Waals surface area contributed by atoms with Gasteiger partial charge >= 0.3 is 0 Å². The fourth-order valence-corrected chi connectivity index (χ4v) is 6.74. The molecule has 2 aliphatic carbocycles. The first-order valence-corrected chi connectivity index (χ1v) is 15.5. The molecule has 0 spiro atoms. The number of carbonyl (C=O) groups is 1. The quantitative estimate of drug-likeness (QED) is 0.406. The van der Waals surface area contributed by atoms with Crippen LogP contribution in [-0.4, -0.2) is 21.5 Å². The molecule has 1 aromatic carbocycles. The van der Waals surface area contributed by atoms with Gasteiger partial charge in [-0.3, -0.25) is 4.79 Å². The third-order valence-electron chi connectivity index (χ3n) is 8.97. The summed E-state index contributed by atoms with van der Waals surface area (Å²) in [5.41, 5.74) is 7.14. The molecule has 4 rings (SSSR count). The van der Waals surface area contributed by atoms with E-state index in [1.54, 1.807) is 0 Å². The van der Waals surface area contributed by atoms with Crippen LogP contribution in [0, 0.1) is 5.92 Å². The summed E-state index contributed by atoms with van der Waals surface area (Å²) in [5, 5.41) is 10.9. The fraction of sp³-hybridized carbons (Fsp3) is 0.719. The van der Waals surface area contributed by atoms with E-state index in [9.17, 15) is 4.79 Å². The first-order valence-electron chi connectivity index (χ1n) is 15.5. The maximum Gasteiger partial charge on any atom is 0.170 e. The maximum absolute atomic E-state index is 13.9. The average Bonchev–Trinajstić information content (AvgIpc) is 2.91. The van der Waals surface area contributed by atoms with E-state index in [1.165, 1.54) is 96.3 Å². The van der Waals surface area contributed by atoms with Crippen molar-refractivity contribution in [2.45, 2.75) is 140 Å². The SMILES string of the molecule is O=C1CCCCCCCCCCC1C1(NNc2nncc3ccccc23)CCCCCCCCCCC1. The van der Waals surface area contributed by atoms with Gasteiger partial charge in [-0.25, -0.2) is 5.43 Å². The van der Waals surface area contributed by atoms with Crippen molar-refractivity contribution in [1.29, 1.82) is 0 Å². The van der Waals surface area contributed by atoms with E-state index in [2.05, 4.69) is 39.2 Å². The lowest BCUT2D eigenvalue weighted by Crippen LogP contribution is -2.56. The summed E-state index contributed by atoms with van der Waals surface area (Å²) in [7, 11) is 0. The van der Waals surface area contributed by atoms with Gasteiger partial charge in [-0.2, -0.15) is 5.10 Å². The average molecular weight is 507 g/mol. The van der Waals surface area contributed by atoms with Crippen molar-refractivity contribution >= 4 is 22.4 Å². The number of Topliss-reactive ketones (excluding diaryl/α,β-unsaturated/α-hetero) is 1. The summed E-state index contributed by atoms with van der Waals surface area (Å²) in [6, 6.07) is 8.27. The van der Waals surface area contributed by atoms with Gasteiger partial charge in [-0.1, -0.05) is 127 Å². The Kier molecular flexibility index (Phi) is 11.7. The molecule has 37 heavy (non-hydrogen) atoms. The molecule has 1 heterocycles. The lowest BCUT2D eigenvalue weighted by molar-refractivity contribution is -0.126. The maximum atomic E-state index is 13.9. The molecule has 0 saturated heterocycles. The standard InChI is InChI=1S/C32H50N4O/c37-30-23-15-11-7-3-2-6-10-14-22-29(30)32(24-18-12-8-4-1-5-9-13-19-25-32)36-35-31-28-21-17-16-20-27(28)26-33-34-31/h16-17,20-21,26,29,36H,1-15,18-19,22-25H2,(H,34,35). The fourth-order valence-electron chi connectivity index (χ4n) is 6.74. The lowest BCUT2D eigenvalue weighted by atomic mass is 9.71. The van der Waals surface area contributed by atoms with Crippen LogP contribution in [0.5, 0.6) is 0 Å². The minimum absolute atomic E-state index is 0.0605. The summed E-state index contributed by atoms with van der Waals surface area (Å²) < 4.78 is 0. The van der Waals surface area contributed by atoms with Gasteiger partial charge in [0.05, 0.1) is 6.20 Å². The number of aromatic nitrogens is 2. The molecule has 2 saturated carbocycles. The second-order valence-corrected chi connectivity index (χ2v) is 11.8. The molecule has 5 nitrogen and oxygen atoms in total. The topological polar surface area (TPSA) is 66.9 Å². The highest BCUT2D eigenvalue weighted by Crippen LogP contribution is 2.37. The molecule has 1 unspecified atom stereocenters. The zero-order valence-electron chi connectivity index (χ0n) is 23.1. The van der Waals surface area contributed by atoms with E-state index >= 15 is 0 Å². The Labute approximate surface area is 224 Å². The molecule has 0 radical (unpaired) electrons. The van der Waals surface area contributed by atoms with E-state index in [1.807, 2.05) is 12.3 Å². The molecule has 0 amide bonds. The van der Waals surface area contributed by atoms with Crippen molar-refractivity contribution in [3.05, 3.63) is 30.5 Å². The number of hydrogen-bond donors (Lipinski definition) is 2. The van der Waals surface area contributed by atoms with Crippen LogP contribution < -0.4 is 10.9 Å². The summed E-state index contributed by atoms with van der Waals surface area (Å²) in [6.45, 7) is 0. The number of carbonyl (C=O) groups excluding carboxylic acids is 1. The molecule has 0 aliphatic heterocycles. The Morgan fingerprint density at radius 2 is 1.27 bits per heavy atom. The van der Waals surface area contributed by atoms with Crippen molar-refractivity contribution in [3.8, 4) is 0 Å². The summed E-state index contributed by atoms with van der Waals surface area (Å²) in [4.78, 5) is 13.9. The lowest BCUT2D eigenvalue weighted by Gasteiger charge is -2.42. The van der Waals surface area contributed by atoms with Crippen molar-refractivity contribution in [1.82, 2.24) is 15.6 Å². The number of nitrogens with zero attached hydrogens (tertiary/aromatic N) is 2. The third kappa shape index (κ3) is 8.49. The number of anilines is 1. The number of rotatable bonds is 4. The molecular formula is C32H50N4O. The molecule has 1 aromatic heterocycles. The monoisotopic (exact) mass is 506 g/mol. The highest BCUT2D eigenvalue weighted by molar-refractivity contribution is 5.90. The Morgan fingerprint density at radius 1 is 0.703 bits per heavy atom. The zero-order chi connectivity index (χ0) is 25.6. The van der Waals surface area contributed by atoms with Gasteiger partial charge in [-0.15, -0.1) is 5.10 Å². The number of benzene rings is 1. The normalized spacial score (nSPS) is 23.7. The van der Waals surface area contributed by atoms with Gasteiger partial charge < -0.3 is 5.43 Å². The summed E-state index contributed by atoms with van der Waals surface area (Å²) >= 11 is 0. The van der Waals surface area contributed by atoms with Crippen LogP contribution in [0.2, 0.25) is 0 Å². The van der Waals surface area contributed by atoms with Crippen LogP contribution >= 0.6 is 0 Å². The third-order valence-corrected chi connectivity index (χ3v) is 8.97. The Morgan fingerprint density at radius 3 is 1.95 bits per heavy atom. The van der Waals surface area contributed by atoms with Gasteiger partial charge in [0.1, 0.15) is 5.78 Å². The predicted molar refractivity (Wildman–Crippen MR) is 154 cm³/mol. The molecule has 2 aromatic rings. The van der Waals surface area contributed by atoms with Gasteiger partial charge in [0.25, 0.3) is 0 Å². The summed E-state index contributed by atoms with van der Waals surface area (Å²) in [5.74, 6) is 1.32. The van der Waals surface area contributed by atoms with Crippen LogP contribution in [0.25, 0.3) is 10.8 Å². The minimum Gasteiger partial charge on any atom is -0.303 e. The molecule has 2 N–H and O–H groups in total. The number of ketones is 1. The van der Waals surface area contributed by atoms with Crippen molar-refractivity contribution < 1.29 is 4.79 Å². The Balaban J connectivity index is 1.61. The second kappa shape index (κ2) is 15.4. The first kappa shape index (κ1) is 28.0. The number of hydrazine groups is 1. The van der Waals surface area contributed by atoms with Gasteiger partial charge in [0.15, 0.2) is 5.82 Å². The van der Waals surface area contributed by atoms with Crippen molar-refractivity contribution in [3.63, 3.8) is 0 Å². The Bertz CT molecular complexity index is 928. The smallest absolute Gasteiger partial charge is 0.170 e. The van der Waals surface area contributed by atoms with Gasteiger partial charge in [0.2, 0.25) is 0 Å². The molecule has 2 fully saturated rings. The number of nitrogens with one attached hydrogen (secondary N) is 2. The van der Waals surface area contributed by atoms with Crippen LogP contribution in [0.1, 0.15) is 135 Å². The van der Waals surface area contributed by atoms with E-state index in [0.29, 0.717) is 5.78 Å². The highest BCUT2D eigenvalue weighted by Gasteiger charge is 2.41. The van der Waals surface area contributed by atoms with Crippen molar-refractivity contribution in [2.75, 3.05) is 5.43 Å². The van der Waals surface area contributed by atoms with Gasteiger partial charge in [-0.05, 0) is 25.7 Å². The van der Waals surface area contributed by atoms with Crippen LogP contribution in [0.4, 0.5) is 5.82 Å². The first-order chi connectivity index (χ1) is 18.3. The molecule has 2 aliphatic rings. The second-order valence-electron chi connectivity index (χ2n) is 11.8. The van der Waals surface area contributed by atoms with Crippen LogP contribution in [-0.2, 0) is 4.79 Å². The van der Waals surface area contributed by atoms with E-state index in [-0.39, 0.29) is 11.5 Å². The Hall–Kier alpha value is -2.01. The van der Waals surface area contributed by atoms with Crippen molar-refractivity contribution in [2.24, 2.45) is 5.92 Å². The minimum atomic E-state index is -0.237. The van der Waals surface area contributed by atoms with Crippen LogP contribution in [0.15, 0.2) is 30.5 Å². The van der Waals surface area contributed by atoms with E-state index in [0.717, 1.165) is 55.1 Å². The largest absolute Gasteiger partial charge is 0.303 e. The number of fused-ring (bicyclic) bond motifs is 1. The van der Waals surface area contributed by atoms with E-state index < -0.39 is 0 Å². The van der Waals surface area contributed by atoms with Crippen LogP contribution in [0.3, 0.4) is 0 Å². The number of hydrogen-bond acceptors (Lipinski definition) is 5. The molecule has 1 atom stereocenters. The molecule has 0 bridgehead atoms. The summed E-state index contributed by atoms with van der Waals surface area (Å²) in [6.07, 6.45) is 27.2.